The molecule has 0 saturated carbocycles. The SMILES string of the molecule is C[C@@H](c1cc(F)cc(N)c1O)N1CCNCC1.Cl.Cl. The van der Waals surface area contributed by atoms with E-state index in [0.717, 1.165) is 32.2 Å². The van der Waals surface area contributed by atoms with Crippen LogP contribution in [0.1, 0.15) is 18.5 Å². The van der Waals surface area contributed by atoms with Crippen molar-refractivity contribution < 1.29 is 9.50 Å². The van der Waals surface area contributed by atoms with Gasteiger partial charge in [0.2, 0.25) is 0 Å². The van der Waals surface area contributed by atoms with Gasteiger partial charge in [0, 0.05) is 43.9 Å². The second-order valence-corrected chi connectivity index (χ2v) is 4.39. The lowest BCUT2D eigenvalue weighted by molar-refractivity contribution is 0.182. The molecule has 1 atom stereocenters. The van der Waals surface area contributed by atoms with Crippen molar-refractivity contribution in [3.63, 3.8) is 0 Å². The van der Waals surface area contributed by atoms with E-state index in [4.69, 9.17) is 5.73 Å². The Morgan fingerprint density at radius 1 is 1.32 bits per heavy atom. The summed E-state index contributed by atoms with van der Waals surface area (Å²) in [5, 5.41) is 13.1. The third-order valence-electron chi connectivity index (χ3n) is 3.28. The molecule has 1 aliphatic rings. The van der Waals surface area contributed by atoms with E-state index in [1.165, 1.54) is 6.07 Å². The maximum atomic E-state index is 13.3. The number of hydrogen-bond acceptors (Lipinski definition) is 4. The van der Waals surface area contributed by atoms with Gasteiger partial charge < -0.3 is 16.2 Å². The van der Waals surface area contributed by atoms with E-state index in [9.17, 15) is 9.50 Å². The summed E-state index contributed by atoms with van der Waals surface area (Å²) < 4.78 is 13.3. The highest BCUT2D eigenvalue weighted by Crippen LogP contribution is 2.33. The van der Waals surface area contributed by atoms with Crippen LogP contribution in [-0.4, -0.2) is 36.2 Å². The van der Waals surface area contributed by atoms with Crippen molar-refractivity contribution in [3.8, 4) is 5.75 Å². The zero-order valence-electron chi connectivity index (χ0n) is 10.7. The Morgan fingerprint density at radius 3 is 2.47 bits per heavy atom. The maximum Gasteiger partial charge on any atom is 0.143 e. The number of rotatable bonds is 2. The molecular weight excluding hydrogens is 292 g/mol. The highest BCUT2D eigenvalue weighted by molar-refractivity contribution is 5.85. The zero-order valence-corrected chi connectivity index (χ0v) is 12.4. The first-order valence-corrected chi connectivity index (χ1v) is 5.82. The van der Waals surface area contributed by atoms with Crippen molar-refractivity contribution in [1.29, 1.82) is 0 Å². The molecule has 1 heterocycles. The molecule has 4 N–H and O–H groups in total. The van der Waals surface area contributed by atoms with Gasteiger partial charge in [-0.15, -0.1) is 24.8 Å². The summed E-state index contributed by atoms with van der Waals surface area (Å²) in [7, 11) is 0. The minimum Gasteiger partial charge on any atom is -0.505 e. The van der Waals surface area contributed by atoms with E-state index >= 15 is 0 Å². The van der Waals surface area contributed by atoms with Crippen LogP contribution in [0.25, 0.3) is 0 Å². The van der Waals surface area contributed by atoms with Crippen LogP contribution >= 0.6 is 24.8 Å². The standard InChI is InChI=1S/C12H18FN3O.2ClH/c1-8(16-4-2-15-3-5-16)10-6-9(13)7-11(14)12(10)17;;/h6-8,15,17H,2-5,14H2,1H3;2*1H/t8-;;/m0../s1. The van der Waals surface area contributed by atoms with Gasteiger partial charge in [0.15, 0.2) is 0 Å². The fourth-order valence-corrected chi connectivity index (χ4v) is 2.23. The Morgan fingerprint density at radius 2 is 1.89 bits per heavy atom. The lowest BCUT2D eigenvalue weighted by Crippen LogP contribution is -2.44. The molecule has 110 valence electrons. The summed E-state index contributed by atoms with van der Waals surface area (Å²) in [6.45, 7) is 5.55. The topological polar surface area (TPSA) is 61.5 Å². The van der Waals surface area contributed by atoms with Crippen molar-refractivity contribution in [2.24, 2.45) is 0 Å². The number of nitrogen functional groups attached to an aromatic ring is 1. The van der Waals surface area contributed by atoms with Gasteiger partial charge >= 0.3 is 0 Å². The molecule has 4 nitrogen and oxygen atoms in total. The molecule has 7 heteroatoms. The second-order valence-electron chi connectivity index (χ2n) is 4.39. The summed E-state index contributed by atoms with van der Waals surface area (Å²) in [4.78, 5) is 2.20. The van der Waals surface area contributed by atoms with Crippen LogP contribution in [0, 0.1) is 5.82 Å². The number of anilines is 1. The zero-order chi connectivity index (χ0) is 12.4. The van der Waals surface area contributed by atoms with Gasteiger partial charge in [-0.2, -0.15) is 0 Å². The van der Waals surface area contributed by atoms with E-state index < -0.39 is 5.82 Å². The molecule has 1 saturated heterocycles. The first kappa shape index (κ1) is 18.2. The van der Waals surface area contributed by atoms with Gasteiger partial charge in [-0.05, 0) is 13.0 Å². The molecule has 1 aromatic carbocycles. The number of nitrogens with one attached hydrogen (secondary N) is 1. The Bertz CT molecular complexity index is 414. The van der Waals surface area contributed by atoms with Crippen LogP contribution in [0.3, 0.4) is 0 Å². The normalized spacial score (nSPS) is 17.2. The molecule has 0 aliphatic carbocycles. The van der Waals surface area contributed by atoms with Crippen molar-refractivity contribution in [2.45, 2.75) is 13.0 Å². The summed E-state index contributed by atoms with van der Waals surface area (Å²) >= 11 is 0. The van der Waals surface area contributed by atoms with Gasteiger partial charge in [-0.25, -0.2) is 4.39 Å². The number of piperazine rings is 1. The monoisotopic (exact) mass is 311 g/mol. The minimum atomic E-state index is -0.405. The first-order chi connectivity index (χ1) is 8.09. The summed E-state index contributed by atoms with van der Waals surface area (Å²) in [5.41, 5.74) is 6.23. The lowest BCUT2D eigenvalue weighted by Gasteiger charge is -2.33. The minimum absolute atomic E-state index is 0. The van der Waals surface area contributed by atoms with Gasteiger partial charge in [0.05, 0.1) is 5.69 Å². The second kappa shape index (κ2) is 7.75. The van der Waals surface area contributed by atoms with Crippen LogP contribution in [-0.2, 0) is 0 Å². The number of nitrogens with zero attached hydrogens (tertiary/aromatic N) is 1. The maximum absolute atomic E-state index is 13.3. The van der Waals surface area contributed by atoms with Crippen molar-refractivity contribution in [2.75, 3.05) is 31.9 Å². The fourth-order valence-electron chi connectivity index (χ4n) is 2.23. The van der Waals surface area contributed by atoms with Crippen molar-refractivity contribution in [1.82, 2.24) is 10.2 Å². The summed E-state index contributed by atoms with van der Waals surface area (Å²) in [5.74, 6) is -0.408. The molecule has 2 rings (SSSR count). The van der Waals surface area contributed by atoms with E-state index in [-0.39, 0.29) is 42.3 Å². The van der Waals surface area contributed by atoms with Crippen LogP contribution < -0.4 is 11.1 Å². The number of halogens is 3. The Balaban J connectivity index is 0.00000162. The van der Waals surface area contributed by atoms with E-state index in [2.05, 4.69) is 10.2 Å². The molecule has 0 radical (unpaired) electrons. The molecule has 0 aromatic heterocycles. The Kier molecular flexibility index (Phi) is 7.44. The predicted molar refractivity (Wildman–Crippen MR) is 79.8 cm³/mol. The number of phenolic OH excluding ortho intramolecular Hbond substituents is 1. The highest BCUT2D eigenvalue weighted by atomic mass is 35.5. The number of aromatic hydroxyl groups is 1. The molecule has 1 aliphatic heterocycles. The quantitative estimate of drug-likeness (QED) is 0.577. The molecule has 1 aromatic rings. The first-order valence-electron chi connectivity index (χ1n) is 5.82. The average Bonchev–Trinajstić information content (AvgIpc) is 2.34. The van der Waals surface area contributed by atoms with Crippen LogP contribution in [0.5, 0.6) is 5.75 Å². The van der Waals surface area contributed by atoms with Crippen molar-refractivity contribution >= 4 is 30.5 Å². The van der Waals surface area contributed by atoms with E-state index in [1.807, 2.05) is 6.92 Å². The number of benzene rings is 1. The summed E-state index contributed by atoms with van der Waals surface area (Å²) in [6, 6.07) is 2.47. The Hall–Kier alpha value is -0.750. The smallest absolute Gasteiger partial charge is 0.143 e. The highest BCUT2D eigenvalue weighted by Gasteiger charge is 2.22. The van der Waals surface area contributed by atoms with Gasteiger partial charge in [-0.1, -0.05) is 0 Å². The Labute approximate surface area is 125 Å². The number of nitrogens with two attached hydrogens (primary N) is 1. The molecule has 1 fully saturated rings. The number of phenols is 1. The van der Waals surface area contributed by atoms with Crippen LogP contribution in [0.15, 0.2) is 12.1 Å². The summed E-state index contributed by atoms with van der Waals surface area (Å²) in [6.07, 6.45) is 0. The molecule has 0 spiro atoms. The average molecular weight is 312 g/mol. The van der Waals surface area contributed by atoms with E-state index in [1.54, 1.807) is 0 Å². The lowest BCUT2D eigenvalue weighted by atomic mass is 10.0. The predicted octanol–water partition coefficient (Wildman–Crippen LogP) is 1.92. The van der Waals surface area contributed by atoms with Gasteiger partial charge in [-0.3, -0.25) is 4.90 Å². The molecule has 19 heavy (non-hydrogen) atoms. The number of hydrogen-bond donors (Lipinski definition) is 3. The third kappa shape index (κ3) is 4.11. The molecule has 0 bridgehead atoms. The van der Waals surface area contributed by atoms with Crippen molar-refractivity contribution in [3.05, 3.63) is 23.5 Å². The van der Waals surface area contributed by atoms with Crippen LogP contribution in [0.4, 0.5) is 10.1 Å². The van der Waals surface area contributed by atoms with Crippen LogP contribution in [0.2, 0.25) is 0 Å². The molecular formula is C12H20Cl2FN3O. The molecule has 0 unspecified atom stereocenters. The third-order valence-corrected chi connectivity index (χ3v) is 3.28. The van der Waals surface area contributed by atoms with Gasteiger partial charge in [0.25, 0.3) is 0 Å². The van der Waals surface area contributed by atoms with E-state index in [0.29, 0.717) is 5.56 Å². The fraction of sp³-hybridized carbons (Fsp3) is 0.500. The van der Waals surface area contributed by atoms with Gasteiger partial charge in [0.1, 0.15) is 11.6 Å². The molecule has 0 amide bonds. The largest absolute Gasteiger partial charge is 0.505 e.